The maximum absolute atomic E-state index is 13.2. The van der Waals surface area contributed by atoms with Crippen LogP contribution in [-0.2, 0) is 0 Å². The Bertz CT molecular complexity index is 788. The van der Waals surface area contributed by atoms with E-state index in [0.717, 1.165) is 38.0 Å². The summed E-state index contributed by atoms with van der Waals surface area (Å²) in [6, 6.07) is 8.00. The van der Waals surface area contributed by atoms with E-state index in [9.17, 15) is 9.90 Å². The molecule has 0 aliphatic heterocycles. The third-order valence-corrected chi connectivity index (χ3v) is 8.34. The van der Waals surface area contributed by atoms with Gasteiger partial charge in [0.25, 0.3) is 5.91 Å². The fourth-order valence-electron chi connectivity index (χ4n) is 7.34. The first-order valence-electron chi connectivity index (χ1n) is 11.6. The highest BCUT2D eigenvalue weighted by Gasteiger charge is 2.76. The van der Waals surface area contributed by atoms with Crippen molar-refractivity contribution in [1.29, 1.82) is 0 Å². The van der Waals surface area contributed by atoms with Crippen molar-refractivity contribution < 1.29 is 14.6 Å². The lowest BCUT2D eigenvalue weighted by atomic mass is 9.74. The van der Waals surface area contributed by atoms with Crippen molar-refractivity contribution >= 4 is 5.91 Å². The summed E-state index contributed by atoms with van der Waals surface area (Å²) in [6.07, 6.45) is 10.3. The van der Waals surface area contributed by atoms with Crippen molar-refractivity contribution in [2.75, 3.05) is 13.7 Å². The summed E-state index contributed by atoms with van der Waals surface area (Å²) in [5.74, 6) is 2.57. The van der Waals surface area contributed by atoms with Crippen molar-refractivity contribution in [3.8, 4) is 5.75 Å². The van der Waals surface area contributed by atoms with Gasteiger partial charge in [-0.05, 0) is 79.9 Å². The lowest BCUT2D eigenvalue weighted by molar-refractivity contribution is -0.0278. The number of nitrogens with zero attached hydrogens (tertiary/aromatic N) is 1. The van der Waals surface area contributed by atoms with Gasteiger partial charge < -0.3 is 14.7 Å². The normalized spacial score (nSPS) is 38.4. The molecule has 0 radical (unpaired) electrons. The lowest BCUT2D eigenvalue weighted by Gasteiger charge is -2.38. The van der Waals surface area contributed by atoms with E-state index in [1.807, 2.05) is 36.2 Å². The standard InChI is InChI=1S/C25H35NO3/c1-17-12-24(28)14-21-22(25(21,13-17)16-24)26(2)23(27)19-9-6-10-20(11-19)29-15-18-7-4-3-5-8-18/h6,9-11,17-18,21-22,28H,3-5,7-8,12-16H2,1-2H3. The molecular formula is C25H35NO3. The molecule has 29 heavy (non-hydrogen) atoms. The van der Waals surface area contributed by atoms with Crippen LogP contribution in [0.2, 0.25) is 0 Å². The Hall–Kier alpha value is -1.55. The number of aliphatic hydroxyl groups is 1. The zero-order valence-corrected chi connectivity index (χ0v) is 17.9. The minimum Gasteiger partial charge on any atom is -0.493 e. The van der Waals surface area contributed by atoms with Crippen LogP contribution in [0.5, 0.6) is 5.75 Å². The second kappa shape index (κ2) is 7.01. The molecule has 4 aliphatic rings. The number of fused-ring (bicyclic) bond motifs is 1. The van der Waals surface area contributed by atoms with E-state index in [1.54, 1.807) is 0 Å². The molecule has 0 saturated heterocycles. The quantitative estimate of drug-likeness (QED) is 0.786. The van der Waals surface area contributed by atoms with Crippen LogP contribution in [0.3, 0.4) is 0 Å². The van der Waals surface area contributed by atoms with Gasteiger partial charge in [-0.25, -0.2) is 0 Å². The fraction of sp³-hybridized carbons (Fsp3) is 0.720. The smallest absolute Gasteiger partial charge is 0.254 e. The summed E-state index contributed by atoms with van der Waals surface area (Å²) in [4.78, 5) is 15.2. The van der Waals surface area contributed by atoms with Gasteiger partial charge in [0, 0.05) is 18.7 Å². The van der Waals surface area contributed by atoms with E-state index in [-0.39, 0.29) is 17.4 Å². The largest absolute Gasteiger partial charge is 0.493 e. The Labute approximate surface area is 174 Å². The van der Waals surface area contributed by atoms with Gasteiger partial charge in [-0.1, -0.05) is 32.3 Å². The van der Waals surface area contributed by atoms with Crippen LogP contribution in [0.1, 0.15) is 75.1 Å². The molecule has 4 nitrogen and oxygen atoms in total. The molecule has 4 aliphatic carbocycles. The number of amides is 1. The molecule has 4 fully saturated rings. The molecule has 0 aromatic heterocycles. The third-order valence-electron chi connectivity index (χ3n) is 8.34. The summed E-state index contributed by atoms with van der Waals surface area (Å²) in [5.41, 5.74) is 0.399. The van der Waals surface area contributed by atoms with Gasteiger partial charge in [0.15, 0.2) is 0 Å². The number of carbonyl (C=O) groups is 1. The predicted octanol–water partition coefficient (Wildman–Crippen LogP) is 4.66. The van der Waals surface area contributed by atoms with E-state index in [2.05, 4.69) is 6.92 Å². The van der Waals surface area contributed by atoms with Crippen molar-refractivity contribution in [1.82, 2.24) is 4.90 Å². The van der Waals surface area contributed by atoms with Crippen LogP contribution >= 0.6 is 0 Å². The molecule has 4 saturated carbocycles. The molecule has 1 spiro atoms. The number of ether oxygens (including phenoxy) is 1. The summed E-state index contributed by atoms with van der Waals surface area (Å²) in [6.45, 7) is 3.01. The van der Waals surface area contributed by atoms with Gasteiger partial charge in [-0.2, -0.15) is 0 Å². The van der Waals surface area contributed by atoms with Crippen molar-refractivity contribution in [3.05, 3.63) is 29.8 Å². The van der Waals surface area contributed by atoms with E-state index in [4.69, 9.17) is 4.74 Å². The molecule has 1 aromatic rings. The monoisotopic (exact) mass is 397 g/mol. The first kappa shape index (κ1) is 19.4. The minimum absolute atomic E-state index is 0.0867. The Balaban J connectivity index is 1.24. The van der Waals surface area contributed by atoms with Crippen molar-refractivity contribution in [2.45, 2.75) is 76.4 Å². The zero-order valence-electron chi connectivity index (χ0n) is 17.9. The van der Waals surface area contributed by atoms with Crippen LogP contribution in [0, 0.1) is 23.2 Å². The highest BCUT2D eigenvalue weighted by atomic mass is 16.5. The Morgan fingerprint density at radius 1 is 1.21 bits per heavy atom. The third kappa shape index (κ3) is 3.37. The molecule has 1 amide bonds. The molecule has 5 atom stereocenters. The van der Waals surface area contributed by atoms with Gasteiger partial charge in [0.1, 0.15) is 5.75 Å². The highest BCUT2D eigenvalue weighted by molar-refractivity contribution is 5.95. The van der Waals surface area contributed by atoms with Gasteiger partial charge in [-0.3, -0.25) is 4.79 Å². The number of hydrogen-bond acceptors (Lipinski definition) is 3. The highest BCUT2D eigenvalue weighted by Crippen LogP contribution is 2.74. The van der Waals surface area contributed by atoms with Crippen molar-refractivity contribution in [2.24, 2.45) is 23.2 Å². The topological polar surface area (TPSA) is 49.8 Å². The minimum atomic E-state index is -0.477. The van der Waals surface area contributed by atoms with Crippen molar-refractivity contribution in [3.63, 3.8) is 0 Å². The number of rotatable bonds is 5. The van der Waals surface area contributed by atoms with Crippen LogP contribution in [0.4, 0.5) is 0 Å². The van der Waals surface area contributed by atoms with E-state index < -0.39 is 5.60 Å². The number of carbonyl (C=O) groups excluding carboxylic acids is 1. The Morgan fingerprint density at radius 2 is 2.00 bits per heavy atom. The van der Waals surface area contributed by atoms with E-state index in [1.165, 1.54) is 32.1 Å². The second-order valence-electron chi connectivity index (χ2n) is 10.7. The zero-order chi connectivity index (χ0) is 20.2. The lowest BCUT2D eigenvalue weighted by Crippen LogP contribution is -2.42. The maximum atomic E-state index is 13.2. The predicted molar refractivity (Wildman–Crippen MR) is 113 cm³/mol. The van der Waals surface area contributed by atoms with Gasteiger partial charge in [0.2, 0.25) is 0 Å². The Morgan fingerprint density at radius 3 is 2.79 bits per heavy atom. The van der Waals surface area contributed by atoms with Gasteiger partial charge in [-0.15, -0.1) is 0 Å². The summed E-state index contributed by atoms with van der Waals surface area (Å²) < 4.78 is 6.05. The van der Waals surface area contributed by atoms with Crippen LogP contribution in [0.15, 0.2) is 24.3 Å². The molecule has 5 unspecified atom stereocenters. The maximum Gasteiger partial charge on any atom is 0.254 e. The molecule has 0 heterocycles. The molecule has 1 N–H and O–H groups in total. The van der Waals surface area contributed by atoms with Crippen LogP contribution < -0.4 is 4.74 Å². The molecule has 4 heteroatoms. The fourth-order valence-corrected chi connectivity index (χ4v) is 7.34. The van der Waals surface area contributed by atoms with Crippen LogP contribution in [0.25, 0.3) is 0 Å². The van der Waals surface area contributed by atoms with Gasteiger partial charge >= 0.3 is 0 Å². The number of benzene rings is 1. The summed E-state index contributed by atoms with van der Waals surface area (Å²) in [7, 11) is 1.95. The SMILES string of the molecule is CC1CC2(O)CC3C(N(C)C(=O)c4cccc(OCC5CCCCC5)c4)C3(C1)C2. The molecule has 158 valence electrons. The van der Waals surface area contributed by atoms with Crippen LogP contribution in [-0.4, -0.2) is 41.2 Å². The summed E-state index contributed by atoms with van der Waals surface area (Å²) >= 11 is 0. The average molecular weight is 398 g/mol. The molecule has 5 rings (SSSR count). The molecule has 2 bridgehead atoms. The average Bonchev–Trinajstić information content (AvgIpc) is 3.18. The Kier molecular flexibility index (Phi) is 4.69. The van der Waals surface area contributed by atoms with E-state index >= 15 is 0 Å². The van der Waals surface area contributed by atoms with Gasteiger partial charge in [0.05, 0.1) is 12.2 Å². The summed E-state index contributed by atoms with van der Waals surface area (Å²) in [5, 5.41) is 10.8. The first-order valence-corrected chi connectivity index (χ1v) is 11.6. The molecule has 1 aromatic carbocycles. The van der Waals surface area contributed by atoms with E-state index in [0.29, 0.717) is 23.3 Å². The second-order valence-corrected chi connectivity index (χ2v) is 10.7. The molecular weight excluding hydrogens is 362 g/mol. The number of hydrogen-bond donors (Lipinski definition) is 1. The first-order chi connectivity index (χ1) is 13.9.